The first-order chi connectivity index (χ1) is 11.1. The minimum atomic E-state index is -0.278. The van der Waals surface area contributed by atoms with E-state index in [1.54, 1.807) is 24.5 Å². The summed E-state index contributed by atoms with van der Waals surface area (Å²) in [6.07, 6.45) is 3.15. The number of hydrogen-bond acceptors (Lipinski definition) is 3. The molecule has 0 unspecified atom stereocenters. The van der Waals surface area contributed by atoms with Crippen LogP contribution in [0.3, 0.4) is 0 Å². The van der Waals surface area contributed by atoms with Gasteiger partial charge in [0.15, 0.2) is 0 Å². The Bertz CT molecular complexity index is 865. The molecule has 0 fully saturated rings. The van der Waals surface area contributed by atoms with Gasteiger partial charge in [0.1, 0.15) is 11.5 Å². The molecule has 0 aliphatic carbocycles. The highest BCUT2D eigenvalue weighted by Crippen LogP contribution is 2.10. The Hall–Kier alpha value is -2.82. The van der Waals surface area contributed by atoms with Crippen LogP contribution in [0.5, 0.6) is 0 Å². The highest BCUT2D eigenvalue weighted by atomic mass is 16.3. The topological polar surface area (TPSA) is 75.1 Å². The van der Waals surface area contributed by atoms with E-state index in [1.807, 2.05) is 31.2 Å². The van der Waals surface area contributed by atoms with Gasteiger partial charge in [-0.2, -0.15) is 0 Å². The molecule has 2 aromatic heterocycles. The van der Waals surface area contributed by atoms with E-state index in [4.69, 9.17) is 4.42 Å². The number of rotatable bonds is 5. The molecule has 1 amide bonds. The Morgan fingerprint density at radius 2 is 2.09 bits per heavy atom. The average molecular weight is 310 g/mol. The molecule has 5 nitrogen and oxygen atoms in total. The predicted molar refractivity (Wildman–Crippen MR) is 88.5 cm³/mol. The largest absolute Gasteiger partial charge is 0.469 e. The number of fused-ring (bicyclic) bond motifs is 1. The van der Waals surface area contributed by atoms with E-state index in [1.165, 1.54) is 0 Å². The fraction of sp³-hybridized carbons (Fsp3) is 0.222. The summed E-state index contributed by atoms with van der Waals surface area (Å²) in [5, 5.41) is 4.23. The molecule has 0 bridgehead atoms. The number of carbonyl (C=O) groups is 1. The zero-order valence-electron chi connectivity index (χ0n) is 12.8. The van der Waals surface area contributed by atoms with Crippen molar-refractivity contribution in [3.05, 3.63) is 70.5 Å². The molecule has 2 N–H and O–H groups in total. The number of carbonyl (C=O) groups excluding carboxylic acids is 1. The molecule has 0 saturated heterocycles. The highest BCUT2D eigenvalue weighted by molar-refractivity contribution is 5.96. The molecular weight excluding hydrogens is 292 g/mol. The molecule has 3 aromatic rings. The van der Waals surface area contributed by atoms with Crippen LogP contribution in [-0.4, -0.2) is 16.9 Å². The number of hydrogen-bond donors (Lipinski definition) is 2. The van der Waals surface area contributed by atoms with Crippen molar-refractivity contribution < 1.29 is 9.21 Å². The zero-order valence-corrected chi connectivity index (χ0v) is 12.8. The van der Waals surface area contributed by atoms with Crippen LogP contribution in [-0.2, 0) is 6.42 Å². The first-order valence-corrected chi connectivity index (χ1v) is 7.59. The van der Waals surface area contributed by atoms with E-state index in [2.05, 4.69) is 10.3 Å². The van der Waals surface area contributed by atoms with Gasteiger partial charge in [0.05, 0.1) is 6.26 Å². The molecule has 2 heterocycles. The van der Waals surface area contributed by atoms with Crippen LogP contribution in [0.25, 0.3) is 10.8 Å². The average Bonchev–Trinajstić information content (AvgIpc) is 3.06. The number of amides is 1. The summed E-state index contributed by atoms with van der Waals surface area (Å²) < 4.78 is 5.28. The Balaban J connectivity index is 1.69. The van der Waals surface area contributed by atoms with E-state index < -0.39 is 0 Å². The Labute approximate surface area is 133 Å². The molecule has 5 heteroatoms. The summed E-state index contributed by atoms with van der Waals surface area (Å²) in [6.45, 7) is 1.93. The van der Waals surface area contributed by atoms with Gasteiger partial charge < -0.3 is 14.7 Å². The number of aromatic nitrogens is 1. The first-order valence-electron chi connectivity index (χ1n) is 7.59. The summed E-state index contributed by atoms with van der Waals surface area (Å²) in [4.78, 5) is 27.0. The van der Waals surface area contributed by atoms with E-state index in [9.17, 15) is 9.59 Å². The standard InChI is InChI=1S/C18H18N2O3/c1-12(8-9-14-6-4-10-23-14)19-18(22)16-11-13-5-2-3-7-15(13)17(21)20-16/h2-7,10-12H,8-9H2,1H3,(H,19,22)(H,20,21)/t12-/m0/s1. The maximum atomic E-state index is 12.3. The minimum absolute atomic E-state index is 0.0254. The van der Waals surface area contributed by atoms with Gasteiger partial charge in [-0.15, -0.1) is 0 Å². The van der Waals surface area contributed by atoms with Crippen molar-refractivity contribution in [1.29, 1.82) is 0 Å². The molecule has 0 aliphatic heterocycles. The van der Waals surface area contributed by atoms with E-state index >= 15 is 0 Å². The number of H-pyrrole nitrogens is 1. The number of aryl methyl sites for hydroxylation is 1. The van der Waals surface area contributed by atoms with Crippen molar-refractivity contribution in [2.24, 2.45) is 0 Å². The van der Waals surface area contributed by atoms with Crippen LogP contribution in [0.1, 0.15) is 29.6 Å². The van der Waals surface area contributed by atoms with Crippen molar-refractivity contribution in [2.75, 3.05) is 0 Å². The monoisotopic (exact) mass is 310 g/mol. The Kier molecular flexibility index (Phi) is 4.28. The number of nitrogens with one attached hydrogen (secondary N) is 2. The summed E-state index contributed by atoms with van der Waals surface area (Å²) in [5.41, 5.74) is 0.0232. The van der Waals surface area contributed by atoms with Gasteiger partial charge in [-0.1, -0.05) is 18.2 Å². The van der Waals surface area contributed by atoms with Crippen LogP contribution in [0.15, 0.2) is 57.9 Å². The third-order valence-corrected chi connectivity index (χ3v) is 3.78. The molecule has 118 valence electrons. The summed E-state index contributed by atoms with van der Waals surface area (Å²) in [7, 11) is 0. The molecular formula is C18H18N2O3. The van der Waals surface area contributed by atoms with Gasteiger partial charge in [0.2, 0.25) is 0 Å². The molecule has 0 spiro atoms. The molecule has 1 aromatic carbocycles. The van der Waals surface area contributed by atoms with Crippen LogP contribution >= 0.6 is 0 Å². The lowest BCUT2D eigenvalue weighted by molar-refractivity contribution is 0.0933. The van der Waals surface area contributed by atoms with Gasteiger partial charge in [0.25, 0.3) is 11.5 Å². The molecule has 0 radical (unpaired) electrons. The van der Waals surface area contributed by atoms with Crippen LogP contribution in [0, 0.1) is 0 Å². The lowest BCUT2D eigenvalue weighted by Crippen LogP contribution is -2.34. The third-order valence-electron chi connectivity index (χ3n) is 3.78. The van der Waals surface area contributed by atoms with Crippen LogP contribution in [0.4, 0.5) is 0 Å². The van der Waals surface area contributed by atoms with Gasteiger partial charge in [0, 0.05) is 17.8 Å². The second kappa shape index (κ2) is 6.52. The number of pyridine rings is 1. The second-order valence-electron chi connectivity index (χ2n) is 5.59. The number of aromatic amines is 1. The van der Waals surface area contributed by atoms with Gasteiger partial charge in [-0.25, -0.2) is 0 Å². The predicted octanol–water partition coefficient (Wildman–Crippen LogP) is 2.87. The Morgan fingerprint density at radius 1 is 1.26 bits per heavy atom. The maximum absolute atomic E-state index is 12.3. The van der Waals surface area contributed by atoms with Crippen molar-refractivity contribution >= 4 is 16.7 Å². The molecule has 0 aliphatic rings. The van der Waals surface area contributed by atoms with Gasteiger partial charge in [-0.3, -0.25) is 9.59 Å². The van der Waals surface area contributed by atoms with Gasteiger partial charge in [-0.05, 0) is 43.0 Å². The van der Waals surface area contributed by atoms with Crippen LogP contribution < -0.4 is 10.9 Å². The summed E-state index contributed by atoms with van der Waals surface area (Å²) >= 11 is 0. The normalized spacial score (nSPS) is 12.2. The lowest BCUT2D eigenvalue weighted by atomic mass is 10.1. The van der Waals surface area contributed by atoms with E-state index in [0.717, 1.165) is 24.0 Å². The van der Waals surface area contributed by atoms with E-state index in [-0.39, 0.29) is 23.2 Å². The first kappa shape index (κ1) is 15.1. The Morgan fingerprint density at radius 3 is 2.87 bits per heavy atom. The quantitative estimate of drug-likeness (QED) is 0.761. The van der Waals surface area contributed by atoms with E-state index in [0.29, 0.717) is 5.39 Å². The number of furan rings is 1. The lowest BCUT2D eigenvalue weighted by Gasteiger charge is -2.13. The third kappa shape index (κ3) is 3.51. The van der Waals surface area contributed by atoms with Gasteiger partial charge >= 0.3 is 0 Å². The summed E-state index contributed by atoms with van der Waals surface area (Å²) in [5.74, 6) is 0.616. The maximum Gasteiger partial charge on any atom is 0.268 e. The molecule has 0 saturated carbocycles. The highest BCUT2D eigenvalue weighted by Gasteiger charge is 2.12. The number of benzene rings is 1. The fourth-order valence-corrected chi connectivity index (χ4v) is 2.52. The SMILES string of the molecule is C[C@@H](CCc1ccco1)NC(=O)c1cc2ccccc2c(=O)[nH]1. The molecule has 23 heavy (non-hydrogen) atoms. The smallest absolute Gasteiger partial charge is 0.268 e. The minimum Gasteiger partial charge on any atom is -0.469 e. The van der Waals surface area contributed by atoms with Crippen molar-refractivity contribution in [3.63, 3.8) is 0 Å². The van der Waals surface area contributed by atoms with Crippen molar-refractivity contribution in [1.82, 2.24) is 10.3 Å². The van der Waals surface area contributed by atoms with Crippen molar-refractivity contribution in [3.8, 4) is 0 Å². The second-order valence-corrected chi connectivity index (χ2v) is 5.59. The zero-order chi connectivity index (χ0) is 16.2. The molecule has 3 rings (SSSR count). The van der Waals surface area contributed by atoms with Crippen LogP contribution in [0.2, 0.25) is 0 Å². The molecule has 1 atom stereocenters. The summed E-state index contributed by atoms with van der Waals surface area (Å²) in [6, 6.07) is 12.6. The van der Waals surface area contributed by atoms with Crippen molar-refractivity contribution in [2.45, 2.75) is 25.8 Å². The fourth-order valence-electron chi connectivity index (χ4n) is 2.52.